The van der Waals surface area contributed by atoms with Crippen LogP contribution in [-0.4, -0.2) is 41.0 Å². The molecule has 2 heterocycles. The Morgan fingerprint density at radius 3 is 2.42 bits per heavy atom. The van der Waals surface area contributed by atoms with Crippen LogP contribution in [0.4, 0.5) is 15.3 Å². The minimum atomic E-state index is -1.11. The van der Waals surface area contributed by atoms with Crippen molar-refractivity contribution in [2.45, 2.75) is 25.8 Å². The van der Waals surface area contributed by atoms with Crippen molar-refractivity contribution in [2.75, 3.05) is 14.2 Å². The summed E-state index contributed by atoms with van der Waals surface area (Å²) in [5, 5.41) is 14.8. The Balaban J connectivity index is 2.16. The third kappa shape index (κ3) is 5.29. The van der Waals surface area contributed by atoms with Gasteiger partial charge in [-0.3, -0.25) is 10.1 Å². The van der Waals surface area contributed by atoms with E-state index in [0.717, 1.165) is 14.2 Å². The standard InChI is InChI=1S/C21H22N4O8/c1-13-18(32-20(26)30-2)17(14-6-4-5-7-16(14)25(28)29)19(33-21(27)31-3)15(23-13)8-10-24-11-9-22-12-24/h4-7,9,11-12,17,23H,8,10H2,1-3H3. The van der Waals surface area contributed by atoms with Gasteiger partial charge < -0.3 is 28.8 Å². The number of hydrogen-bond acceptors (Lipinski definition) is 10. The summed E-state index contributed by atoms with van der Waals surface area (Å²) >= 11 is 0. The Hall–Kier alpha value is -4.35. The molecule has 0 spiro atoms. The number of aromatic nitrogens is 2. The molecule has 1 aromatic carbocycles. The number of ether oxygens (including phenoxy) is 4. The molecule has 0 radical (unpaired) electrons. The molecule has 1 aromatic heterocycles. The Labute approximate surface area is 188 Å². The molecule has 12 nitrogen and oxygen atoms in total. The normalized spacial score (nSPS) is 15.5. The number of allylic oxidation sites excluding steroid dienone is 2. The number of imidazole rings is 1. The molecular formula is C21H22N4O8. The zero-order valence-electron chi connectivity index (χ0n) is 18.1. The van der Waals surface area contributed by atoms with Crippen molar-refractivity contribution < 1.29 is 33.5 Å². The van der Waals surface area contributed by atoms with Crippen LogP contribution in [0.5, 0.6) is 0 Å². The molecule has 1 aliphatic rings. The average Bonchev–Trinajstić information content (AvgIpc) is 3.33. The fourth-order valence-electron chi connectivity index (χ4n) is 3.40. The number of nitrogens with zero attached hydrogens (tertiary/aromatic N) is 3. The second-order valence-electron chi connectivity index (χ2n) is 6.87. The smallest absolute Gasteiger partial charge is 0.437 e. The van der Waals surface area contributed by atoms with Crippen LogP contribution in [0.1, 0.15) is 24.8 Å². The van der Waals surface area contributed by atoms with E-state index in [4.69, 9.17) is 9.47 Å². The first-order valence-electron chi connectivity index (χ1n) is 9.77. The number of dihydropyridines is 1. The van der Waals surface area contributed by atoms with Crippen molar-refractivity contribution in [3.8, 4) is 0 Å². The molecule has 0 aliphatic carbocycles. The SMILES string of the molecule is COC(=O)OC1=C(C)NC(CCn2ccnc2)=C(OC(=O)OC)C1c1ccccc1[N+](=O)[O-]. The maximum absolute atomic E-state index is 12.1. The van der Waals surface area contributed by atoms with Crippen molar-refractivity contribution in [3.05, 3.63) is 81.6 Å². The lowest BCUT2D eigenvalue weighted by Crippen LogP contribution is -2.30. The van der Waals surface area contributed by atoms with E-state index in [1.165, 1.54) is 18.2 Å². The van der Waals surface area contributed by atoms with Gasteiger partial charge in [-0.2, -0.15) is 0 Å². The minimum absolute atomic E-state index is 0.000711. The molecule has 1 unspecified atom stereocenters. The highest BCUT2D eigenvalue weighted by Crippen LogP contribution is 2.43. The van der Waals surface area contributed by atoms with Gasteiger partial charge in [0.25, 0.3) is 5.69 Å². The molecular weight excluding hydrogens is 436 g/mol. The van der Waals surface area contributed by atoms with Gasteiger partial charge in [0, 0.05) is 37.0 Å². The van der Waals surface area contributed by atoms with Crippen LogP contribution in [0.25, 0.3) is 0 Å². The summed E-state index contributed by atoms with van der Waals surface area (Å²) in [5.74, 6) is -1.12. The van der Waals surface area contributed by atoms with E-state index < -0.39 is 23.2 Å². The fraction of sp³-hybridized carbons (Fsp3) is 0.286. The van der Waals surface area contributed by atoms with E-state index in [0.29, 0.717) is 24.4 Å². The van der Waals surface area contributed by atoms with Crippen LogP contribution in [0, 0.1) is 10.1 Å². The Morgan fingerprint density at radius 2 is 1.82 bits per heavy atom. The molecule has 0 amide bonds. The average molecular weight is 458 g/mol. The molecule has 33 heavy (non-hydrogen) atoms. The number of para-hydroxylation sites is 1. The number of methoxy groups -OCH3 is 2. The number of nitrogens with one attached hydrogen (secondary N) is 1. The predicted molar refractivity (Wildman–Crippen MR) is 113 cm³/mol. The summed E-state index contributed by atoms with van der Waals surface area (Å²) in [6, 6.07) is 5.90. The van der Waals surface area contributed by atoms with Crippen LogP contribution >= 0.6 is 0 Å². The Kier molecular flexibility index (Phi) is 7.28. The van der Waals surface area contributed by atoms with Gasteiger partial charge in [0.1, 0.15) is 17.4 Å². The molecule has 174 valence electrons. The molecule has 12 heteroatoms. The number of nitro benzene ring substituents is 1. The van der Waals surface area contributed by atoms with Gasteiger partial charge in [-0.25, -0.2) is 14.6 Å². The van der Waals surface area contributed by atoms with Crippen molar-refractivity contribution in [3.63, 3.8) is 0 Å². The lowest BCUT2D eigenvalue weighted by atomic mass is 9.88. The molecule has 0 saturated carbocycles. The number of hydrogen-bond donors (Lipinski definition) is 1. The van der Waals surface area contributed by atoms with Crippen LogP contribution in [0.3, 0.4) is 0 Å². The van der Waals surface area contributed by atoms with E-state index in [1.807, 2.05) is 4.57 Å². The van der Waals surface area contributed by atoms with Gasteiger partial charge in [-0.1, -0.05) is 18.2 Å². The third-order valence-electron chi connectivity index (χ3n) is 4.87. The van der Waals surface area contributed by atoms with Crippen molar-refractivity contribution >= 4 is 18.0 Å². The second-order valence-corrected chi connectivity index (χ2v) is 6.87. The fourth-order valence-corrected chi connectivity index (χ4v) is 3.40. The van der Waals surface area contributed by atoms with E-state index >= 15 is 0 Å². The number of carbonyl (C=O) groups is 2. The van der Waals surface area contributed by atoms with Gasteiger partial charge in [0.15, 0.2) is 0 Å². The maximum Gasteiger partial charge on any atom is 0.513 e. The molecule has 0 bridgehead atoms. The quantitative estimate of drug-likeness (QED) is 0.371. The highest BCUT2D eigenvalue weighted by Gasteiger charge is 2.39. The number of nitro groups is 1. The van der Waals surface area contributed by atoms with Crippen LogP contribution in [0.15, 0.2) is 65.9 Å². The summed E-state index contributed by atoms with van der Waals surface area (Å²) in [7, 11) is 2.27. The largest absolute Gasteiger partial charge is 0.513 e. The third-order valence-corrected chi connectivity index (χ3v) is 4.87. The molecule has 1 atom stereocenters. The Bertz CT molecular complexity index is 1110. The first kappa shape index (κ1) is 23.3. The Morgan fingerprint density at radius 1 is 1.15 bits per heavy atom. The zero-order chi connectivity index (χ0) is 24.0. The topological polar surface area (TPSA) is 144 Å². The molecule has 1 aliphatic heterocycles. The monoisotopic (exact) mass is 458 g/mol. The first-order valence-corrected chi connectivity index (χ1v) is 9.77. The number of rotatable bonds is 7. The van der Waals surface area contributed by atoms with Gasteiger partial charge in [0.2, 0.25) is 0 Å². The zero-order valence-corrected chi connectivity index (χ0v) is 18.1. The van der Waals surface area contributed by atoms with Gasteiger partial charge >= 0.3 is 12.3 Å². The van der Waals surface area contributed by atoms with Crippen LogP contribution in [0.2, 0.25) is 0 Å². The summed E-state index contributed by atoms with van der Waals surface area (Å²) in [5.41, 5.74) is 0.748. The summed E-state index contributed by atoms with van der Waals surface area (Å²) in [6.45, 7) is 2.09. The van der Waals surface area contributed by atoms with Crippen molar-refractivity contribution in [1.29, 1.82) is 0 Å². The lowest BCUT2D eigenvalue weighted by molar-refractivity contribution is -0.385. The number of carbonyl (C=O) groups excluding carboxylic acids is 2. The highest BCUT2D eigenvalue weighted by molar-refractivity contribution is 5.65. The molecule has 2 aromatic rings. The van der Waals surface area contributed by atoms with Gasteiger partial charge in [-0.15, -0.1) is 0 Å². The molecule has 3 rings (SSSR count). The van der Waals surface area contributed by atoms with E-state index in [2.05, 4.69) is 19.8 Å². The second kappa shape index (κ2) is 10.3. The minimum Gasteiger partial charge on any atom is -0.437 e. The van der Waals surface area contributed by atoms with Crippen molar-refractivity contribution in [2.24, 2.45) is 0 Å². The van der Waals surface area contributed by atoms with E-state index in [-0.39, 0.29) is 22.8 Å². The summed E-state index contributed by atoms with van der Waals surface area (Å²) in [6.07, 6.45) is 3.28. The van der Waals surface area contributed by atoms with Crippen molar-refractivity contribution in [1.82, 2.24) is 14.9 Å². The van der Waals surface area contributed by atoms with Gasteiger partial charge in [-0.05, 0) is 6.92 Å². The summed E-state index contributed by atoms with van der Waals surface area (Å²) < 4.78 is 21.9. The van der Waals surface area contributed by atoms with Crippen LogP contribution < -0.4 is 5.32 Å². The first-order chi connectivity index (χ1) is 15.8. The van der Waals surface area contributed by atoms with Gasteiger partial charge in [0.05, 0.1) is 36.9 Å². The predicted octanol–water partition coefficient (Wildman–Crippen LogP) is 3.58. The number of benzene rings is 1. The summed E-state index contributed by atoms with van der Waals surface area (Å²) in [4.78, 5) is 39.3. The number of aryl methyl sites for hydroxylation is 1. The molecule has 0 saturated heterocycles. The van der Waals surface area contributed by atoms with E-state index in [1.54, 1.807) is 31.7 Å². The molecule has 1 N–H and O–H groups in total. The maximum atomic E-state index is 12.1. The highest BCUT2D eigenvalue weighted by atomic mass is 16.7. The molecule has 0 fully saturated rings. The van der Waals surface area contributed by atoms with Crippen LogP contribution in [-0.2, 0) is 25.5 Å². The van der Waals surface area contributed by atoms with E-state index in [9.17, 15) is 19.7 Å². The lowest BCUT2D eigenvalue weighted by Gasteiger charge is -2.31.